The molecule has 0 aliphatic heterocycles. The average Bonchev–Trinajstić information content (AvgIpc) is 2.85. The van der Waals surface area contributed by atoms with E-state index in [4.69, 9.17) is 23.2 Å². The van der Waals surface area contributed by atoms with Crippen LogP contribution in [0.3, 0.4) is 0 Å². The number of benzene rings is 2. The van der Waals surface area contributed by atoms with E-state index in [1.54, 1.807) is 12.1 Å². The molecule has 3 aromatic rings. The van der Waals surface area contributed by atoms with Crippen molar-refractivity contribution >= 4 is 46.0 Å². The zero-order valence-electron chi connectivity index (χ0n) is 12.7. The molecular formula is C16H14Cl2N4O2. The predicted molar refractivity (Wildman–Crippen MR) is 96.2 cm³/mol. The van der Waals surface area contributed by atoms with Crippen molar-refractivity contribution in [2.45, 2.75) is 6.54 Å². The third-order valence-electron chi connectivity index (χ3n) is 3.51. The quantitative estimate of drug-likeness (QED) is 0.665. The molecule has 0 atom stereocenters. The molecule has 6 nitrogen and oxygen atoms in total. The highest BCUT2D eigenvalue weighted by molar-refractivity contribution is 6.42. The van der Waals surface area contributed by atoms with Crippen LogP contribution in [-0.4, -0.2) is 22.6 Å². The first-order valence-electron chi connectivity index (χ1n) is 7.14. The van der Waals surface area contributed by atoms with Gasteiger partial charge in [0.25, 0.3) is 0 Å². The lowest BCUT2D eigenvalue weighted by Gasteiger charge is -2.07. The summed E-state index contributed by atoms with van der Waals surface area (Å²) in [5.41, 5.74) is 1.91. The molecule has 3 rings (SSSR count). The molecule has 1 amide bonds. The van der Waals surface area contributed by atoms with Crippen LogP contribution < -0.4 is 16.3 Å². The Labute approximate surface area is 147 Å². The third kappa shape index (κ3) is 3.17. The molecule has 0 saturated carbocycles. The van der Waals surface area contributed by atoms with Gasteiger partial charge < -0.3 is 15.6 Å². The van der Waals surface area contributed by atoms with Gasteiger partial charge in [-0.1, -0.05) is 35.3 Å². The molecule has 2 aromatic carbocycles. The van der Waals surface area contributed by atoms with Crippen molar-refractivity contribution in [3.8, 4) is 0 Å². The number of fused-ring (bicyclic) bond motifs is 1. The summed E-state index contributed by atoms with van der Waals surface area (Å²) in [4.78, 5) is 27.1. The molecular weight excluding hydrogens is 351 g/mol. The maximum Gasteiger partial charge on any atom is 0.334 e. The standard InChI is InChI=1S/C16H14Cl2N4O2/c1-19-8-9-2-4-10(5-3-9)20-15(23)22-14-7-12(18)11(17)6-13(14)21-16(22)24/h2-7,19H,8H2,1H3,(H,20,23)(H,21,24). The molecule has 0 aliphatic carbocycles. The van der Waals surface area contributed by atoms with Gasteiger partial charge in [0.05, 0.1) is 21.1 Å². The van der Waals surface area contributed by atoms with E-state index in [9.17, 15) is 9.59 Å². The number of carbonyl (C=O) groups excluding carboxylic acids is 1. The van der Waals surface area contributed by atoms with Gasteiger partial charge in [0, 0.05) is 12.2 Å². The lowest BCUT2D eigenvalue weighted by Crippen LogP contribution is -2.29. The zero-order chi connectivity index (χ0) is 17.3. The molecule has 0 spiro atoms. The monoisotopic (exact) mass is 364 g/mol. The van der Waals surface area contributed by atoms with Crippen molar-refractivity contribution < 1.29 is 4.79 Å². The summed E-state index contributed by atoms with van der Waals surface area (Å²) < 4.78 is 0.985. The van der Waals surface area contributed by atoms with Gasteiger partial charge in [-0.25, -0.2) is 14.2 Å². The maximum atomic E-state index is 12.5. The molecule has 0 radical (unpaired) electrons. The Kier molecular flexibility index (Phi) is 4.62. The van der Waals surface area contributed by atoms with Crippen molar-refractivity contribution in [1.82, 2.24) is 14.9 Å². The van der Waals surface area contributed by atoms with Gasteiger partial charge in [0.15, 0.2) is 0 Å². The summed E-state index contributed by atoms with van der Waals surface area (Å²) in [6.07, 6.45) is 0. The number of H-pyrrole nitrogens is 1. The minimum atomic E-state index is -0.578. The Balaban J connectivity index is 1.92. The number of amides is 1. The average molecular weight is 365 g/mol. The van der Waals surface area contributed by atoms with Crippen LogP contribution in [0.2, 0.25) is 10.0 Å². The molecule has 0 unspecified atom stereocenters. The van der Waals surface area contributed by atoms with E-state index in [0.29, 0.717) is 21.7 Å². The van der Waals surface area contributed by atoms with E-state index in [1.807, 2.05) is 19.2 Å². The van der Waals surface area contributed by atoms with Crippen molar-refractivity contribution in [3.05, 3.63) is 62.5 Å². The van der Waals surface area contributed by atoms with E-state index >= 15 is 0 Å². The lowest BCUT2D eigenvalue weighted by molar-refractivity contribution is 0.253. The van der Waals surface area contributed by atoms with Crippen molar-refractivity contribution in [1.29, 1.82) is 0 Å². The number of anilines is 1. The lowest BCUT2D eigenvalue weighted by atomic mass is 10.2. The van der Waals surface area contributed by atoms with Crippen LogP contribution in [0.15, 0.2) is 41.2 Å². The Bertz CT molecular complexity index is 961. The molecule has 3 N–H and O–H groups in total. The molecule has 124 valence electrons. The maximum absolute atomic E-state index is 12.5. The summed E-state index contributed by atoms with van der Waals surface area (Å²) in [5, 5.41) is 6.30. The van der Waals surface area contributed by atoms with Gasteiger partial charge in [-0.05, 0) is 36.9 Å². The Morgan fingerprint density at radius 1 is 1.17 bits per heavy atom. The molecule has 0 aliphatic rings. The van der Waals surface area contributed by atoms with Gasteiger partial charge in [-0.2, -0.15) is 0 Å². The van der Waals surface area contributed by atoms with Gasteiger partial charge >= 0.3 is 11.7 Å². The van der Waals surface area contributed by atoms with Crippen molar-refractivity contribution in [2.24, 2.45) is 0 Å². The van der Waals surface area contributed by atoms with Gasteiger partial charge in [0.1, 0.15) is 0 Å². The van der Waals surface area contributed by atoms with Crippen molar-refractivity contribution in [3.63, 3.8) is 0 Å². The number of carbonyl (C=O) groups is 1. The number of imidazole rings is 1. The van der Waals surface area contributed by atoms with Crippen LogP contribution in [0.4, 0.5) is 10.5 Å². The third-order valence-corrected chi connectivity index (χ3v) is 4.24. The summed E-state index contributed by atoms with van der Waals surface area (Å²) in [5.74, 6) is 0. The summed E-state index contributed by atoms with van der Waals surface area (Å²) in [6.45, 7) is 0.732. The van der Waals surface area contributed by atoms with E-state index in [-0.39, 0.29) is 5.02 Å². The van der Waals surface area contributed by atoms with Crippen LogP contribution >= 0.6 is 23.2 Å². The largest absolute Gasteiger partial charge is 0.334 e. The first-order chi connectivity index (χ1) is 11.5. The van der Waals surface area contributed by atoms with Gasteiger partial charge in [-0.3, -0.25) is 0 Å². The summed E-state index contributed by atoms with van der Waals surface area (Å²) in [7, 11) is 1.86. The number of aromatic amines is 1. The number of nitrogens with one attached hydrogen (secondary N) is 3. The number of rotatable bonds is 3. The van der Waals surface area contributed by atoms with Gasteiger partial charge in [-0.15, -0.1) is 0 Å². The highest BCUT2D eigenvalue weighted by atomic mass is 35.5. The normalized spacial score (nSPS) is 11.0. The second kappa shape index (κ2) is 6.68. The first kappa shape index (κ1) is 16.6. The Morgan fingerprint density at radius 2 is 1.83 bits per heavy atom. The summed E-state index contributed by atoms with van der Waals surface area (Å²) in [6, 6.07) is 9.74. The fraction of sp³-hybridized carbons (Fsp3) is 0.125. The van der Waals surface area contributed by atoms with Crippen LogP contribution in [0.5, 0.6) is 0 Å². The van der Waals surface area contributed by atoms with Crippen LogP contribution in [-0.2, 0) is 6.54 Å². The molecule has 0 bridgehead atoms. The van der Waals surface area contributed by atoms with Crippen LogP contribution in [0.25, 0.3) is 11.0 Å². The van der Waals surface area contributed by atoms with Crippen LogP contribution in [0.1, 0.15) is 5.56 Å². The Hall–Kier alpha value is -2.28. The molecule has 24 heavy (non-hydrogen) atoms. The second-order valence-electron chi connectivity index (χ2n) is 5.21. The molecule has 0 fully saturated rings. The zero-order valence-corrected chi connectivity index (χ0v) is 14.2. The van der Waals surface area contributed by atoms with E-state index < -0.39 is 11.7 Å². The minimum absolute atomic E-state index is 0.265. The topological polar surface area (TPSA) is 78.9 Å². The number of hydrogen-bond acceptors (Lipinski definition) is 3. The minimum Gasteiger partial charge on any atom is -0.316 e. The second-order valence-corrected chi connectivity index (χ2v) is 6.02. The van der Waals surface area contributed by atoms with E-state index in [2.05, 4.69) is 15.6 Å². The SMILES string of the molecule is CNCc1ccc(NC(=O)n2c(=O)[nH]c3cc(Cl)c(Cl)cc32)cc1. The molecule has 1 aromatic heterocycles. The number of hydrogen-bond donors (Lipinski definition) is 3. The molecule has 8 heteroatoms. The summed E-state index contributed by atoms with van der Waals surface area (Å²) >= 11 is 11.9. The fourth-order valence-corrected chi connectivity index (χ4v) is 2.71. The number of nitrogens with zero attached hydrogens (tertiary/aromatic N) is 1. The fourth-order valence-electron chi connectivity index (χ4n) is 2.39. The van der Waals surface area contributed by atoms with Crippen LogP contribution in [0, 0.1) is 0 Å². The van der Waals surface area contributed by atoms with Crippen molar-refractivity contribution in [2.75, 3.05) is 12.4 Å². The Morgan fingerprint density at radius 3 is 2.50 bits per heavy atom. The van der Waals surface area contributed by atoms with E-state index in [1.165, 1.54) is 12.1 Å². The highest BCUT2D eigenvalue weighted by Crippen LogP contribution is 2.26. The first-order valence-corrected chi connectivity index (χ1v) is 7.90. The highest BCUT2D eigenvalue weighted by Gasteiger charge is 2.15. The molecule has 0 saturated heterocycles. The predicted octanol–water partition coefficient (Wildman–Crippen LogP) is 3.44. The smallest absolute Gasteiger partial charge is 0.316 e. The number of halogens is 2. The molecule has 1 heterocycles. The number of aromatic nitrogens is 2. The van der Waals surface area contributed by atoms with Gasteiger partial charge in [0.2, 0.25) is 0 Å². The van der Waals surface area contributed by atoms with E-state index in [0.717, 1.165) is 16.7 Å².